The number of hydrogen-bond acceptors (Lipinski definition) is 3. The number of nitrogens with one attached hydrogen (secondary N) is 1. The van der Waals surface area contributed by atoms with Crippen LogP contribution in [0.5, 0.6) is 0 Å². The van der Waals surface area contributed by atoms with Crippen molar-refractivity contribution in [1.82, 2.24) is 10.2 Å². The maximum atomic E-state index is 5.89. The molecule has 3 atom stereocenters. The van der Waals surface area contributed by atoms with Crippen molar-refractivity contribution >= 4 is 0 Å². The third-order valence-corrected chi connectivity index (χ3v) is 4.43. The Hall–Kier alpha value is -0.120. The van der Waals surface area contributed by atoms with Crippen LogP contribution in [0.25, 0.3) is 0 Å². The lowest BCUT2D eigenvalue weighted by molar-refractivity contribution is -0.0501. The van der Waals surface area contributed by atoms with Crippen LogP contribution >= 0.6 is 0 Å². The molecule has 2 bridgehead atoms. The van der Waals surface area contributed by atoms with Crippen molar-refractivity contribution in [2.75, 3.05) is 26.2 Å². The van der Waals surface area contributed by atoms with E-state index in [9.17, 15) is 0 Å². The topological polar surface area (TPSA) is 24.5 Å². The van der Waals surface area contributed by atoms with E-state index in [1.165, 1.54) is 19.4 Å². The van der Waals surface area contributed by atoms with Gasteiger partial charge in [-0.2, -0.15) is 0 Å². The predicted octanol–water partition coefficient (Wildman–Crippen LogP) is 1.87. The van der Waals surface area contributed by atoms with Gasteiger partial charge in [-0.1, -0.05) is 20.8 Å². The highest BCUT2D eigenvalue weighted by atomic mass is 16.5. The van der Waals surface area contributed by atoms with E-state index in [4.69, 9.17) is 4.74 Å². The number of likely N-dealkylation sites (tertiary alicyclic amines) is 1. The van der Waals surface area contributed by atoms with Crippen LogP contribution in [0, 0.1) is 5.41 Å². The van der Waals surface area contributed by atoms with Crippen LogP contribution in [-0.2, 0) is 4.74 Å². The first kappa shape index (κ1) is 13.3. The van der Waals surface area contributed by atoms with Crippen molar-refractivity contribution in [3.05, 3.63) is 0 Å². The minimum atomic E-state index is 0.326. The standard InChI is InChI=1S/C14H28N2O/c1-5-15-11(2)14(3,4)10-16-8-12-6-7-13(9-16)17-12/h11-13,15H,5-10H2,1-4H3. The van der Waals surface area contributed by atoms with Crippen molar-refractivity contribution in [3.8, 4) is 0 Å². The summed E-state index contributed by atoms with van der Waals surface area (Å²) in [4.78, 5) is 2.61. The van der Waals surface area contributed by atoms with E-state index < -0.39 is 0 Å². The highest BCUT2D eigenvalue weighted by molar-refractivity contribution is 4.90. The first-order valence-corrected chi connectivity index (χ1v) is 7.12. The number of hydrogen-bond donors (Lipinski definition) is 1. The number of morpholine rings is 1. The Labute approximate surface area is 106 Å². The van der Waals surface area contributed by atoms with E-state index in [1.54, 1.807) is 0 Å². The summed E-state index contributed by atoms with van der Waals surface area (Å²) in [5.74, 6) is 0. The fourth-order valence-corrected chi connectivity index (χ4v) is 3.12. The Morgan fingerprint density at radius 3 is 2.41 bits per heavy atom. The van der Waals surface area contributed by atoms with Crippen LogP contribution in [-0.4, -0.2) is 49.3 Å². The number of fused-ring (bicyclic) bond motifs is 2. The fraction of sp³-hybridized carbons (Fsp3) is 1.00. The van der Waals surface area contributed by atoms with Crippen molar-refractivity contribution in [1.29, 1.82) is 0 Å². The van der Waals surface area contributed by atoms with Gasteiger partial charge in [-0.15, -0.1) is 0 Å². The predicted molar refractivity (Wildman–Crippen MR) is 71.3 cm³/mol. The fourth-order valence-electron chi connectivity index (χ4n) is 3.12. The molecule has 2 aliphatic heterocycles. The summed E-state index contributed by atoms with van der Waals surface area (Å²) in [6.45, 7) is 13.7. The summed E-state index contributed by atoms with van der Waals surface area (Å²) in [7, 11) is 0. The molecule has 3 nitrogen and oxygen atoms in total. The molecular weight excluding hydrogens is 212 g/mol. The first-order chi connectivity index (χ1) is 8.01. The SMILES string of the molecule is CCNC(C)C(C)(C)CN1CC2CCC(C1)O2. The zero-order chi connectivity index (χ0) is 12.5. The second-order valence-corrected chi connectivity index (χ2v) is 6.42. The highest BCUT2D eigenvalue weighted by Crippen LogP contribution is 2.29. The average molecular weight is 240 g/mol. The van der Waals surface area contributed by atoms with Gasteiger partial charge in [0.25, 0.3) is 0 Å². The molecule has 2 saturated heterocycles. The van der Waals surface area contributed by atoms with Gasteiger partial charge in [0.05, 0.1) is 12.2 Å². The lowest BCUT2D eigenvalue weighted by Gasteiger charge is -2.40. The van der Waals surface area contributed by atoms with Gasteiger partial charge < -0.3 is 10.1 Å². The molecule has 0 radical (unpaired) electrons. The minimum absolute atomic E-state index is 0.326. The van der Waals surface area contributed by atoms with Crippen LogP contribution in [0.1, 0.15) is 40.5 Å². The molecule has 0 aromatic rings. The van der Waals surface area contributed by atoms with Crippen molar-refractivity contribution in [3.63, 3.8) is 0 Å². The molecule has 2 rings (SSSR count). The third kappa shape index (κ3) is 3.21. The largest absolute Gasteiger partial charge is 0.372 e. The van der Waals surface area contributed by atoms with Crippen molar-refractivity contribution in [2.24, 2.45) is 5.41 Å². The zero-order valence-corrected chi connectivity index (χ0v) is 11.8. The summed E-state index contributed by atoms with van der Waals surface area (Å²) >= 11 is 0. The molecule has 0 amide bonds. The molecule has 2 fully saturated rings. The maximum absolute atomic E-state index is 5.89. The summed E-state index contributed by atoms with van der Waals surface area (Å²) in [5, 5.41) is 3.56. The second kappa shape index (κ2) is 5.25. The summed E-state index contributed by atoms with van der Waals surface area (Å²) in [6.07, 6.45) is 3.56. The van der Waals surface area contributed by atoms with Crippen LogP contribution in [0.2, 0.25) is 0 Å². The van der Waals surface area contributed by atoms with E-state index in [2.05, 4.69) is 37.9 Å². The number of ether oxygens (including phenoxy) is 1. The van der Waals surface area contributed by atoms with E-state index in [-0.39, 0.29) is 0 Å². The molecule has 2 heterocycles. The minimum Gasteiger partial charge on any atom is -0.372 e. The quantitative estimate of drug-likeness (QED) is 0.794. The summed E-state index contributed by atoms with van der Waals surface area (Å²) in [5.41, 5.74) is 0.326. The molecule has 0 aliphatic carbocycles. The summed E-state index contributed by atoms with van der Waals surface area (Å²) < 4.78 is 5.89. The average Bonchev–Trinajstić information content (AvgIpc) is 2.58. The zero-order valence-electron chi connectivity index (χ0n) is 11.8. The third-order valence-electron chi connectivity index (χ3n) is 4.43. The molecule has 1 N–H and O–H groups in total. The van der Waals surface area contributed by atoms with E-state index in [0.29, 0.717) is 23.7 Å². The molecule has 3 heteroatoms. The molecule has 0 saturated carbocycles. The Bertz CT molecular complexity index is 243. The van der Waals surface area contributed by atoms with Crippen LogP contribution in [0.15, 0.2) is 0 Å². The first-order valence-electron chi connectivity index (χ1n) is 7.12. The van der Waals surface area contributed by atoms with Gasteiger partial charge in [0.1, 0.15) is 0 Å². The Morgan fingerprint density at radius 2 is 1.88 bits per heavy atom. The number of rotatable bonds is 5. The molecule has 0 aromatic heterocycles. The maximum Gasteiger partial charge on any atom is 0.0707 e. The van der Waals surface area contributed by atoms with Gasteiger partial charge in [-0.25, -0.2) is 0 Å². The lowest BCUT2D eigenvalue weighted by Crippen LogP contribution is -2.51. The van der Waals surface area contributed by atoms with E-state index in [0.717, 1.165) is 19.6 Å². The molecule has 0 spiro atoms. The lowest BCUT2D eigenvalue weighted by atomic mass is 9.84. The molecule has 100 valence electrons. The van der Waals surface area contributed by atoms with Gasteiger partial charge >= 0.3 is 0 Å². The Morgan fingerprint density at radius 1 is 1.29 bits per heavy atom. The van der Waals surface area contributed by atoms with Crippen LogP contribution < -0.4 is 5.32 Å². The van der Waals surface area contributed by atoms with Gasteiger partial charge in [0, 0.05) is 25.7 Å². The van der Waals surface area contributed by atoms with Gasteiger partial charge in [-0.05, 0) is 31.7 Å². The Kier molecular flexibility index (Phi) is 4.11. The van der Waals surface area contributed by atoms with E-state index >= 15 is 0 Å². The molecule has 2 aliphatic rings. The summed E-state index contributed by atoms with van der Waals surface area (Å²) in [6, 6.07) is 0.563. The molecule has 17 heavy (non-hydrogen) atoms. The van der Waals surface area contributed by atoms with Gasteiger partial charge in [0.2, 0.25) is 0 Å². The molecule has 0 aromatic carbocycles. The van der Waals surface area contributed by atoms with Crippen LogP contribution in [0.3, 0.4) is 0 Å². The van der Waals surface area contributed by atoms with Gasteiger partial charge in [0.15, 0.2) is 0 Å². The van der Waals surface area contributed by atoms with Crippen molar-refractivity contribution < 1.29 is 4.74 Å². The molecule has 3 unspecified atom stereocenters. The Balaban J connectivity index is 1.87. The second-order valence-electron chi connectivity index (χ2n) is 6.42. The van der Waals surface area contributed by atoms with Crippen LogP contribution in [0.4, 0.5) is 0 Å². The van der Waals surface area contributed by atoms with E-state index in [1.807, 2.05) is 0 Å². The van der Waals surface area contributed by atoms with Crippen molar-refractivity contribution in [2.45, 2.75) is 58.8 Å². The smallest absolute Gasteiger partial charge is 0.0707 e. The normalized spacial score (nSPS) is 31.8. The highest BCUT2D eigenvalue weighted by Gasteiger charge is 2.36. The van der Waals surface area contributed by atoms with Gasteiger partial charge in [-0.3, -0.25) is 4.90 Å². The monoisotopic (exact) mass is 240 g/mol. The molecular formula is C14H28N2O. The number of nitrogens with zero attached hydrogens (tertiary/aromatic N) is 1.